The molecule has 2 N–H and O–H groups in total. The fourth-order valence-corrected chi connectivity index (χ4v) is 5.21. The molecular weight excluding hydrogens is 393 g/mol. The number of ether oxygens (including phenoxy) is 1. The largest absolute Gasteiger partial charge is 0.490 e. The molecule has 0 saturated heterocycles. The number of carbonyl (C=O) groups excluding carboxylic acids is 1. The molecule has 0 radical (unpaired) electrons. The van der Waals surface area contributed by atoms with Crippen molar-refractivity contribution in [1.82, 2.24) is 4.90 Å². The third-order valence-corrected chi connectivity index (χ3v) is 6.59. The Morgan fingerprint density at radius 2 is 2.00 bits per heavy atom. The van der Waals surface area contributed by atoms with Crippen molar-refractivity contribution < 1.29 is 13.9 Å². The van der Waals surface area contributed by atoms with Crippen molar-refractivity contribution in [2.75, 3.05) is 7.05 Å². The van der Waals surface area contributed by atoms with Gasteiger partial charge in [-0.15, -0.1) is 0 Å². The predicted molar refractivity (Wildman–Crippen MR) is 109 cm³/mol. The quantitative estimate of drug-likeness (QED) is 0.765. The van der Waals surface area contributed by atoms with Gasteiger partial charge in [-0.1, -0.05) is 24.1 Å². The molecule has 0 aromatic heterocycles. The predicted octanol–water partition coefficient (Wildman–Crippen LogP) is 4.08. The number of nitrogens with zero attached hydrogens (tertiary/aromatic N) is 2. The van der Waals surface area contributed by atoms with Crippen LogP contribution in [0, 0.1) is 11.7 Å². The number of fused-ring (bicyclic) bond motifs is 4. The molecule has 5 nitrogen and oxygen atoms in total. The van der Waals surface area contributed by atoms with Gasteiger partial charge < -0.3 is 10.5 Å². The van der Waals surface area contributed by atoms with E-state index in [9.17, 15) is 9.18 Å². The average molecular weight is 414 g/mol. The zero-order valence-corrected chi connectivity index (χ0v) is 16.7. The van der Waals surface area contributed by atoms with E-state index in [4.69, 9.17) is 27.1 Å². The Balaban J connectivity index is 1.73. The fourth-order valence-electron chi connectivity index (χ4n) is 4.99. The number of benzene rings is 2. The third-order valence-electron chi connectivity index (χ3n) is 6.37. The number of likely N-dealkylation sites (N-methyl/N-ethyl adjacent to an activating group) is 1. The second-order valence-corrected chi connectivity index (χ2v) is 8.45. The van der Waals surface area contributed by atoms with Gasteiger partial charge in [0.25, 0.3) is 5.91 Å². The summed E-state index contributed by atoms with van der Waals surface area (Å²) in [5, 5.41) is 0.315. The van der Waals surface area contributed by atoms with Crippen molar-refractivity contribution in [1.29, 1.82) is 0 Å². The zero-order chi connectivity index (χ0) is 20.3. The Labute approximate surface area is 173 Å². The van der Waals surface area contributed by atoms with Gasteiger partial charge in [0.15, 0.2) is 11.5 Å². The van der Waals surface area contributed by atoms with E-state index in [1.54, 1.807) is 13.1 Å². The molecule has 1 amide bonds. The smallest absolute Gasteiger partial charge is 0.262 e. The first-order valence-corrected chi connectivity index (χ1v) is 10.2. The van der Waals surface area contributed by atoms with Crippen LogP contribution in [0.5, 0.6) is 5.75 Å². The zero-order valence-electron chi connectivity index (χ0n) is 16.0. The Kier molecular flexibility index (Phi) is 4.10. The number of rotatable bonds is 1. The van der Waals surface area contributed by atoms with Crippen molar-refractivity contribution in [3.05, 3.63) is 52.8 Å². The van der Waals surface area contributed by atoms with E-state index in [1.807, 2.05) is 18.2 Å². The van der Waals surface area contributed by atoms with Crippen molar-refractivity contribution in [3.63, 3.8) is 0 Å². The second kappa shape index (κ2) is 6.46. The first-order chi connectivity index (χ1) is 13.9. The number of hydrogen-bond acceptors (Lipinski definition) is 4. The van der Waals surface area contributed by atoms with Gasteiger partial charge in [0.1, 0.15) is 17.7 Å². The van der Waals surface area contributed by atoms with Gasteiger partial charge in [0.2, 0.25) is 0 Å². The lowest BCUT2D eigenvalue weighted by Gasteiger charge is -2.46. The van der Waals surface area contributed by atoms with Crippen LogP contribution in [0.15, 0.2) is 41.4 Å². The maximum absolute atomic E-state index is 13.9. The maximum Gasteiger partial charge on any atom is 0.262 e. The van der Waals surface area contributed by atoms with E-state index < -0.39 is 11.4 Å². The van der Waals surface area contributed by atoms with Crippen LogP contribution in [0.1, 0.15) is 31.2 Å². The summed E-state index contributed by atoms with van der Waals surface area (Å²) < 4.78 is 20.2. The minimum absolute atomic E-state index is 0.0716. The van der Waals surface area contributed by atoms with E-state index >= 15 is 0 Å². The van der Waals surface area contributed by atoms with E-state index in [2.05, 4.69) is 0 Å². The van der Waals surface area contributed by atoms with Gasteiger partial charge in [0, 0.05) is 23.6 Å². The molecule has 7 heteroatoms. The first kappa shape index (κ1) is 18.4. The number of nitrogens with two attached hydrogens (primary N) is 1. The number of carbonyl (C=O) groups is 1. The number of aliphatic imine (C=N–C) groups is 1. The summed E-state index contributed by atoms with van der Waals surface area (Å²) in [6, 6.07) is 9.96. The molecule has 0 bridgehead atoms. The Bertz CT molecular complexity index is 1040. The number of guanidine groups is 1. The van der Waals surface area contributed by atoms with E-state index in [-0.39, 0.29) is 23.9 Å². The summed E-state index contributed by atoms with van der Waals surface area (Å²) in [6.45, 7) is 0. The fraction of sp³-hybridized carbons (Fsp3) is 0.364. The lowest BCUT2D eigenvalue weighted by atomic mass is 9.67. The highest BCUT2D eigenvalue weighted by atomic mass is 35.5. The standard InChI is InChI=1S/C22H21ClFN3O2/c1-27-20(28)22(26-21(27)25)16-4-2-3-5-18(16)29-19-7-6-12(10-17(19)22)13-8-14(23)11-15(24)9-13/h6-11,16,18H,2-5H2,1H3,(H2,25,26)/t16-,18+,22?/m1/s1. The van der Waals surface area contributed by atoms with Gasteiger partial charge >= 0.3 is 0 Å². The van der Waals surface area contributed by atoms with Gasteiger partial charge in [0.05, 0.1) is 0 Å². The monoisotopic (exact) mass is 413 g/mol. The van der Waals surface area contributed by atoms with Crippen LogP contribution in [0.4, 0.5) is 4.39 Å². The molecule has 2 aromatic carbocycles. The molecule has 150 valence electrons. The minimum Gasteiger partial charge on any atom is -0.490 e. The summed E-state index contributed by atoms with van der Waals surface area (Å²) >= 11 is 6.05. The highest BCUT2D eigenvalue weighted by molar-refractivity contribution is 6.30. The summed E-state index contributed by atoms with van der Waals surface area (Å²) in [6.07, 6.45) is 3.75. The van der Waals surface area contributed by atoms with E-state index in [1.165, 1.54) is 17.0 Å². The van der Waals surface area contributed by atoms with Gasteiger partial charge in [-0.05, 0) is 60.7 Å². The molecule has 5 rings (SSSR count). The topological polar surface area (TPSA) is 67.9 Å². The molecule has 1 fully saturated rings. The minimum atomic E-state index is -1.09. The van der Waals surface area contributed by atoms with Crippen LogP contribution in [-0.2, 0) is 10.3 Å². The number of hydrogen-bond donors (Lipinski definition) is 1. The van der Waals surface area contributed by atoms with Gasteiger partial charge in [-0.3, -0.25) is 9.69 Å². The normalized spacial score (nSPS) is 28.0. The molecule has 1 unspecified atom stereocenters. The highest BCUT2D eigenvalue weighted by Gasteiger charge is 2.60. The highest BCUT2D eigenvalue weighted by Crippen LogP contribution is 2.53. The van der Waals surface area contributed by atoms with Crippen molar-refractivity contribution >= 4 is 23.5 Å². The molecule has 1 aliphatic carbocycles. The summed E-state index contributed by atoms with van der Waals surface area (Å²) in [4.78, 5) is 19.6. The second-order valence-electron chi connectivity index (χ2n) is 8.02. The third kappa shape index (κ3) is 2.65. The van der Waals surface area contributed by atoms with Crippen molar-refractivity contribution in [3.8, 4) is 16.9 Å². The average Bonchev–Trinajstić information content (AvgIpc) is 2.92. The molecule has 1 saturated carbocycles. The first-order valence-electron chi connectivity index (χ1n) is 9.81. The Morgan fingerprint density at radius 3 is 2.72 bits per heavy atom. The van der Waals surface area contributed by atoms with Crippen LogP contribution in [-0.4, -0.2) is 29.9 Å². The molecule has 1 spiro atoms. The van der Waals surface area contributed by atoms with Crippen molar-refractivity contribution in [2.45, 2.75) is 37.3 Å². The van der Waals surface area contributed by atoms with Crippen LogP contribution in [0.25, 0.3) is 11.1 Å². The van der Waals surface area contributed by atoms with Crippen molar-refractivity contribution in [2.24, 2.45) is 16.6 Å². The van der Waals surface area contributed by atoms with Crippen LogP contribution in [0.2, 0.25) is 5.02 Å². The SMILES string of the molecule is CN1C(=O)C2(N=C1N)c1cc(-c3cc(F)cc(Cl)c3)ccc1O[C@H]1CCCC[C@H]12. The van der Waals surface area contributed by atoms with Gasteiger partial charge in [-0.25, -0.2) is 9.38 Å². The lowest BCUT2D eigenvalue weighted by Crippen LogP contribution is -2.53. The summed E-state index contributed by atoms with van der Waals surface area (Å²) in [7, 11) is 1.65. The summed E-state index contributed by atoms with van der Waals surface area (Å²) in [5.41, 5.74) is 7.07. The molecule has 2 aromatic rings. The molecule has 3 atom stereocenters. The van der Waals surface area contributed by atoms with Crippen LogP contribution in [0.3, 0.4) is 0 Å². The van der Waals surface area contributed by atoms with E-state index in [0.29, 0.717) is 21.9 Å². The van der Waals surface area contributed by atoms with E-state index in [0.717, 1.165) is 31.2 Å². The molecule has 2 heterocycles. The Morgan fingerprint density at radius 1 is 1.21 bits per heavy atom. The summed E-state index contributed by atoms with van der Waals surface area (Å²) in [5.74, 6) is 0.227. The lowest BCUT2D eigenvalue weighted by molar-refractivity contribution is -0.136. The van der Waals surface area contributed by atoms with Crippen LogP contribution >= 0.6 is 11.6 Å². The molecular formula is C22H21ClFN3O2. The van der Waals surface area contributed by atoms with Crippen LogP contribution < -0.4 is 10.5 Å². The molecule has 3 aliphatic rings. The number of amides is 1. The molecule has 29 heavy (non-hydrogen) atoms. The Hall–Kier alpha value is -2.60. The molecule has 2 aliphatic heterocycles. The number of halogens is 2. The van der Waals surface area contributed by atoms with Gasteiger partial charge in [-0.2, -0.15) is 0 Å². The maximum atomic E-state index is 13.9.